The first-order valence-corrected chi connectivity index (χ1v) is 7.79. The van der Waals surface area contributed by atoms with E-state index in [1.54, 1.807) is 0 Å². The summed E-state index contributed by atoms with van der Waals surface area (Å²) in [5.74, 6) is 1.12. The van der Waals surface area contributed by atoms with Crippen molar-refractivity contribution in [2.75, 3.05) is 25.1 Å². The molecule has 0 spiro atoms. The summed E-state index contributed by atoms with van der Waals surface area (Å²) in [5.41, 5.74) is -0.370. The molecule has 1 atom stereocenters. The fourth-order valence-electron chi connectivity index (χ4n) is 2.14. The van der Waals surface area contributed by atoms with Gasteiger partial charge in [0.15, 0.2) is 0 Å². The van der Waals surface area contributed by atoms with Crippen molar-refractivity contribution in [1.82, 2.24) is 4.90 Å². The van der Waals surface area contributed by atoms with Gasteiger partial charge in [-0.3, -0.25) is 9.69 Å². The molecule has 0 aromatic heterocycles. The molecule has 0 aliphatic carbocycles. The Balaban J connectivity index is 2.42. The lowest BCUT2D eigenvalue weighted by Crippen LogP contribution is -2.41. The Kier molecular flexibility index (Phi) is 5.80. The highest BCUT2D eigenvalue weighted by atomic mass is 32.2. The van der Waals surface area contributed by atoms with E-state index >= 15 is 0 Å². The zero-order valence-corrected chi connectivity index (χ0v) is 12.3. The fraction of sp³-hybridized carbons (Fsp3) is 0.923. The Morgan fingerprint density at radius 3 is 2.76 bits per heavy atom. The molecular formula is C13H25NO2S. The smallest absolute Gasteiger partial charge is 0.323 e. The number of ether oxygens (including phenoxy) is 1. The molecule has 1 saturated heterocycles. The van der Waals surface area contributed by atoms with Crippen molar-refractivity contribution in [3.8, 4) is 0 Å². The first kappa shape index (κ1) is 14.8. The van der Waals surface area contributed by atoms with Crippen molar-refractivity contribution in [3.05, 3.63) is 0 Å². The summed E-state index contributed by atoms with van der Waals surface area (Å²) < 4.78 is 5.47. The summed E-state index contributed by atoms with van der Waals surface area (Å²) in [6.45, 7) is 7.84. The lowest BCUT2D eigenvalue weighted by molar-refractivity contribution is -0.160. The van der Waals surface area contributed by atoms with Crippen LogP contribution in [-0.4, -0.2) is 47.6 Å². The molecule has 4 heteroatoms. The molecule has 17 heavy (non-hydrogen) atoms. The second kappa shape index (κ2) is 6.64. The maximum absolute atomic E-state index is 12.0. The quantitative estimate of drug-likeness (QED) is 0.560. The molecule has 1 aliphatic heterocycles. The number of likely N-dealkylation sites (tertiary alicyclic amines) is 1. The molecule has 0 saturated carbocycles. The second-order valence-corrected chi connectivity index (χ2v) is 6.56. The molecule has 1 rings (SSSR count). The summed E-state index contributed by atoms with van der Waals surface area (Å²) in [4.78, 5) is 14.3. The third-order valence-electron chi connectivity index (χ3n) is 2.84. The van der Waals surface area contributed by atoms with Gasteiger partial charge in [-0.15, -0.1) is 0 Å². The van der Waals surface area contributed by atoms with Crippen LogP contribution in [0.4, 0.5) is 0 Å². The van der Waals surface area contributed by atoms with Gasteiger partial charge in [0.05, 0.1) is 0 Å². The van der Waals surface area contributed by atoms with Crippen molar-refractivity contribution >= 4 is 17.7 Å². The molecule has 0 aromatic carbocycles. The highest BCUT2D eigenvalue weighted by Gasteiger charge is 2.33. The molecule has 1 aliphatic rings. The van der Waals surface area contributed by atoms with E-state index in [1.807, 2.05) is 32.5 Å². The Hall–Kier alpha value is -0.220. The lowest BCUT2D eigenvalue weighted by atomic mass is 10.1. The zero-order chi connectivity index (χ0) is 12.9. The van der Waals surface area contributed by atoms with Crippen molar-refractivity contribution in [2.24, 2.45) is 0 Å². The van der Waals surface area contributed by atoms with Crippen LogP contribution in [0.15, 0.2) is 0 Å². The number of carbonyl (C=O) groups is 1. The summed E-state index contributed by atoms with van der Waals surface area (Å²) >= 11 is 1.86. The summed E-state index contributed by atoms with van der Waals surface area (Å²) in [6.07, 6.45) is 5.34. The number of rotatable bonds is 5. The third kappa shape index (κ3) is 5.30. The van der Waals surface area contributed by atoms with E-state index in [4.69, 9.17) is 4.74 Å². The molecule has 3 nitrogen and oxygen atoms in total. The van der Waals surface area contributed by atoms with Gasteiger partial charge in [-0.25, -0.2) is 0 Å². The van der Waals surface area contributed by atoms with Crippen LogP contribution < -0.4 is 0 Å². The van der Waals surface area contributed by atoms with Crippen LogP contribution in [0.25, 0.3) is 0 Å². The number of hydrogen-bond donors (Lipinski definition) is 0. The normalized spacial score (nSPS) is 21.8. The molecular weight excluding hydrogens is 234 g/mol. The van der Waals surface area contributed by atoms with Gasteiger partial charge in [-0.1, -0.05) is 0 Å². The predicted octanol–water partition coefficient (Wildman–Crippen LogP) is 2.55. The van der Waals surface area contributed by atoms with Gasteiger partial charge in [-0.05, 0) is 65.1 Å². The van der Waals surface area contributed by atoms with Crippen LogP contribution in [0.2, 0.25) is 0 Å². The van der Waals surface area contributed by atoms with Crippen molar-refractivity contribution < 1.29 is 9.53 Å². The zero-order valence-electron chi connectivity index (χ0n) is 11.5. The first-order chi connectivity index (χ1) is 7.94. The molecule has 0 radical (unpaired) electrons. The van der Waals surface area contributed by atoms with E-state index in [0.717, 1.165) is 38.1 Å². The topological polar surface area (TPSA) is 29.5 Å². The number of thioether (sulfide) groups is 1. The molecule has 0 aromatic rings. The third-order valence-corrected chi connectivity index (χ3v) is 3.53. The largest absolute Gasteiger partial charge is 0.459 e. The minimum absolute atomic E-state index is 0.00363. The SMILES string of the molecule is CSCCCN1CCC[C@@H]1C(=O)OC(C)(C)C. The van der Waals surface area contributed by atoms with Crippen LogP contribution in [0, 0.1) is 0 Å². The van der Waals surface area contributed by atoms with Gasteiger partial charge < -0.3 is 4.74 Å². The molecule has 1 fully saturated rings. The first-order valence-electron chi connectivity index (χ1n) is 6.40. The van der Waals surface area contributed by atoms with Gasteiger partial charge >= 0.3 is 5.97 Å². The van der Waals surface area contributed by atoms with Gasteiger partial charge in [0, 0.05) is 0 Å². The van der Waals surface area contributed by atoms with Crippen LogP contribution in [-0.2, 0) is 9.53 Å². The highest BCUT2D eigenvalue weighted by Crippen LogP contribution is 2.21. The lowest BCUT2D eigenvalue weighted by Gasteiger charge is -2.27. The average Bonchev–Trinajstić information content (AvgIpc) is 2.64. The molecule has 0 amide bonds. The maximum Gasteiger partial charge on any atom is 0.323 e. The minimum Gasteiger partial charge on any atom is -0.459 e. The van der Waals surface area contributed by atoms with Gasteiger partial charge in [0.1, 0.15) is 11.6 Å². The highest BCUT2D eigenvalue weighted by molar-refractivity contribution is 7.98. The maximum atomic E-state index is 12.0. The van der Waals surface area contributed by atoms with Crippen molar-refractivity contribution in [3.63, 3.8) is 0 Å². The van der Waals surface area contributed by atoms with Crippen LogP contribution in [0.1, 0.15) is 40.0 Å². The molecule has 100 valence electrons. The van der Waals surface area contributed by atoms with Crippen LogP contribution in [0.3, 0.4) is 0 Å². The number of carbonyl (C=O) groups excluding carboxylic acids is 1. The van der Waals surface area contributed by atoms with Gasteiger partial charge in [0.25, 0.3) is 0 Å². The Morgan fingerprint density at radius 2 is 2.18 bits per heavy atom. The van der Waals surface area contributed by atoms with E-state index in [9.17, 15) is 4.79 Å². The molecule has 0 N–H and O–H groups in total. The van der Waals surface area contributed by atoms with Crippen molar-refractivity contribution in [1.29, 1.82) is 0 Å². The van der Waals surface area contributed by atoms with E-state index in [0.29, 0.717) is 0 Å². The van der Waals surface area contributed by atoms with Crippen LogP contribution >= 0.6 is 11.8 Å². The van der Waals surface area contributed by atoms with Gasteiger partial charge in [0.2, 0.25) is 0 Å². The number of nitrogens with zero attached hydrogens (tertiary/aromatic N) is 1. The standard InChI is InChI=1S/C13H25NO2S/c1-13(2,3)16-12(15)11-7-5-8-14(11)9-6-10-17-4/h11H,5-10H2,1-4H3/t11-/m1/s1. The predicted molar refractivity (Wildman–Crippen MR) is 73.4 cm³/mol. The summed E-state index contributed by atoms with van der Waals surface area (Å²) in [5, 5.41) is 0. The molecule has 0 unspecified atom stereocenters. The van der Waals surface area contributed by atoms with Crippen molar-refractivity contribution in [2.45, 2.75) is 51.7 Å². The minimum atomic E-state index is -0.370. The second-order valence-electron chi connectivity index (χ2n) is 5.57. The number of esters is 1. The monoisotopic (exact) mass is 259 g/mol. The molecule has 1 heterocycles. The summed E-state index contributed by atoms with van der Waals surface area (Å²) in [6, 6.07) is -0.00363. The Bertz CT molecular complexity index is 250. The van der Waals surface area contributed by atoms with Gasteiger partial charge in [-0.2, -0.15) is 11.8 Å². The Labute approximate surface area is 109 Å². The summed E-state index contributed by atoms with van der Waals surface area (Å²) in [7, 11) is 0. The van der Waals surface area contributed by atoms with E-state index in [2.05, 4.69) is 11.2 Å². The molecule has 0 bridgehead atoms. The Morgan fingerprint density at radius 1 is 1.47 bits per heavy atom. The van der Waals surface area contributed by atoms with Crippen LogP contribution in [0.5, 0.6) is 0 Å². The number of hydrogen-bond acceptors (Lipinski definition) is 4. The van der Waals surface area contributed by atoms with E-state index < -0.39 is 0 Å². The van der Waals surface area contributed by atoms with E-state index in [1.165, 1.54) is 0 Å². The average molecular weight is 259 g/mol. The van der Waals surface area contributed by atoms with E-state index in [-0.39, 0.29) is 17.6 Å². The fourth-order valence-corrected chi connectivity index (χ4v) is 2.56.